The van der Waals surface area contributed by atoms with Crippen LogP contribution in [0.2, 0.25) is 0 Å². The van der Waals surface area contributed by atoms with E-state index < -0.39 is 5.82 Å². The van der Waals surface area contributed by atoms with E-state index in [0.29, 0.717) is 0 Å². The van der Waals surface area contributed by atoms with Gasteiger partial charge in [0, 0.05) is 17.9 Å². The molecule has 0 fully saturated rings. The van der Waals surface area contributed by atoms with Crippen molar-refractivity contribution in [2.24, 2.45) is 0 Å². The summed E-state index contributed by atoms with van der Waals surface area (Å²) in [6, 6.07) is 14.6. The monoisotopic (exact) mass is 254 g/mol. The third kappa shape index (κ3) is 2.74. The summed E-state index contributed by atoms with van der Waals surface area (Å²) in [4.78, 5) is 2.00. The summed E-state index contributed by atoms with van der Waals surface area (Å²) in [6.45, 7) is 4.77. The number of rotatable bonds is 3. The molecule has 0 spiro atoms. The molecule has 0 atom stereocenters. The van der Waals surface area contributed by atoms with Gasteiger partial charge in [0.2, 0.25) is 0 Å². The quantitative estimate of drug-likeness (QED) is 0.822. The van der Waals surface area contributed by atoms with Gasteiger partial charge in [0.25, 0.3) is 0 Å². The van der Waals surface area contributed by atoms with E-state index in [2.05, 4.69) is 0 Å². The SMILES string of the molecule is CCN(c1ccc(C)cc1)c1ccc(C#N)c(F)c1. The number of nitrogens with zero attached hydrogens (tertiary/aromatic N) is 2. The first-order chi connectivity index (χ1) is 9.15. The molecule has 0 amide bonds. The molecule has 0 unspecified atom stereocenters. The zero-order valence-corrected chi connectivity index (χ0v) is 11.0. The summed E-state index contributed by atoms with van der Waals surface area (Å²) in [5.74, 6) is -0.481. The van der Waals surface area contributed by atoms with Crippen molar-refractivity contribution >= 4 is 11.4 Å². The molecule has 2 nitrogen and oxygen atoms in total. The molecule has 2 aromatic carbocycles. The van der Waals surface area contributed by atoms with E-state index in [4.69, 9.17) is 5.26 Å². The molecule has 19 heavy (non-hydrogen) atoms. The zero-order valence-electron chi connectivity index (χ0n) is 11.0. The fourth-order valence-electron chi connectivity index (χ4n) is 2.00. The summed E-state index contributed by atoms with van der Waals surface area (Å²) < 4.78 is 13.7. The molecule has 0 saturated heterocycles. The molecule has 0 aromatic heterocycles. The van der Waals surface area contributed by atoms with Crippen LogP contribution in [0.25, 0.3) is 0 Å². The van der Waals surface area contributed by atoms with Gasteiger partial charge in [-0.25, -0.2) is 4.39 Å². The summed E-state index contributed by atoms with van der Waals surface area (Å²) >= 11 is 0. The maximum Gasteiger partial charge on any atom is 0.143 e. The van der Waals surface area contributed by atoms with Crippen LogP contribution in [0.5, 0.6) is 0 Å². The van der Waals surface area contributed by atoms with Crippen molar-refractivity contribution in [3.63, 3.8) is 0 Å². The van der Waals surface area contributed by atoms with Crippen LogP contribution in [0.15, 0.2) is 42.5 Å². The summed E-state index contributed by atoms with van der Waals surface area (Å²) in [6.07, 6.45) is 0. The molecule has 3 heteroatoms. The van der Waals surface area contributed by atoms with Gasteiger partial charge in [-0.1, -0.05) is 17.7 Å². The van der Waals surface area contributed by atoms with Crippen molar-refractivity contribution in [3.05, 3.63) is 59.4 Å². The van der Waals surface area contributed by atoms with Crippen molar-refractivity contribution in [2.45, 2.75) is 13.8 Å². The normalized spacial score (nSPS) is 10.0. The van der Waals surface area contributed by atoms with Crippen molar-refractivity contribution in [1.82, 2.24) is 0 Å². The van der Waals surface area contributed by atoms with Gasteiger partial charge in [-0.2, -0.15) is 5.26 Å². The standard InChI is InChI=1S/C16H15FN2/c1-3-19(14-7-4-12(2)5-8-14)15-9-6-13(11-18)16(17)10-15/h4-10H,3H2,1-2H3. The average Bonchev–Trinajstić information content (AvgIpc) is 2.42. The Balaban J connectivity index is 2.40. The number of anilines is 2. The number of hydrogen-bond acceptors (Lipinski definition) is 2. The topological polar surface area (TPSA) is 27.0 Å². The van der Waals surface area contributed by atoms with Crippen LogP contribution >= 0.6 is 0 Å². The van der Waals surface area contributed by atoms with E-state index in [1.54, 1.807) is 6.07 Å². The molecule has 0 bridgehead atoms. The Bertz CT molecular complexity index is 612. The average molecular weight is 254 g/mol. The van der Waals surface area contributed by atoms with E-state index in [1.807, 2.05) is 49.1 Å². The van der Waals surface area contributed by atoms with Gasteiger partial charge in [0.05, 0.1) is 5.56 Å². The summed E-state index contributed by atoms with van der Waals surface area (Å²) in [5.41, 5.74) is 3.02. The number of aryl methyl sites for hydroxylation is 1. The molecule has 0 aliphatic rings. The zero-order chi connectivity index (χ0) is 13.8. The van der Waals surface area contributed by atoms with E-state index in [9.17, 15) is 4.39 Å². The largest absolute Gasteiger partial charge is 0.342 e. The molecule has 0 heterocycles. The van der Waals surface area contributed by atoms with Crippen LogP contribution in [0.1, 0.15) is 18.1 Å². The van der Waals surface area contributed by atoms with Gasteiger partial charge in [-0.05, 0) is 44.2 Å². The van der Waals surface area contributed by atoms with E-state index in [-0.39, 0.29) is 5.56 Å². The van der Waals surface area contributed by atoms with E-state index in [1.165, 1.54) is 17.7 Å². The third-order valence-electron chi connectivity index (χ3n) is 3.05. The Morgan fingerprint density at radius 2 is 1.74 bits per heavy atom. The highest BCUT2D eigenvalue weighted by Gasteiger charge is 2.10. The molecule has 0 radical (unpaired) electrons. The highest BCUT2D eigenvalue weighted by molar-refractivity contribution is 5.64. The molecule has 0 N–H and O–H groups in total. The lowest BCUT2D eigenvalue weighted by molar-refractivity contribution is 0.623. The maximum absolute atomic E-state index is 13.7. The highest BCUT2D eigenvalue weighted by Crippen LogP contribution is 2.26. The maximum atomic E-state index is 13.7. The van der Waals surface area contributed by atoms with Gasteiger partial charge in [-0.3, -0.25) is 0 Å². The number of benzene rings is 2. The summed E-state index contributed by atoms with van der Waals surface area (Å²) in [5, 5.41) is 8.75. The predicted molar refractivity (Wildman–Crippen MR) is 75.0 cm³/mol. The Labute approximate surface area is 112 Å². The molecule has 2 rings (SSSR count). The minimum absolute atomic E-state index is 0.0729. The first-order valence-electron chi connectivity index (χ1n) is 6.19. The number of hydrogen-bond donors (Lipinski definition) is 0. The lowest BCUT2D eigenvalue weighted by atomic mass is 10.1. The second-order valence-electron chi connectivity index (χ2n) is 4.36. The molecular formula is C16H15FN2. The van der Waals surface area contributed by atoms with E-state index in [0.717, 1.165) is 17.9 Å². The Kier molecular flexibility index (Phi) is 3.82. The molecule has 2 aromatic rings. The molecule has 0 aliphatic carbocycles. The highest BCUT2D eigenvalue weighted by atomic mass is 19.1. The van der Waals surface area contributed by atoms with Crippen molar-refractivity contribution in [1.29, 1.82) is 5.26 Å². The lowest BCUT2D eigenvalue weighted by Crippen LogP contribution is -2.16. The molecule has 96 valence electrons. The van der Waals surface area contributed by atoms with Crippen LogP contribution < -0.4 is 4.90 Å². The van der Waals surface area contributed by atoms with Gasteiger partial charge >= 0.3 is 0 Å². The first-order valence-corrected chi connectivity index (χ1v) is 6.19. The van der Waals surface area contributed by atoms with Crippen molar-refractivity contribution < 1.29 is 4.39 Å². The second kappa shape index (κ2) is 5.53. The fourth-order valence-corrected chi connectivity index (χ4v) is 2.00. The summed E-state index contributed by atoms with van der Waals surface area (Å²) in [7, 11) is 0. The molecular weight excluding hydrogens is 239 g/mol. The molecule has 0 saturated carbocycles. The number of halogens is 1. The van der Waals surface area contributed by atoms with Crippen LogP contribution in [-0.2, 0) is 0 Å². The Morgan fingerprint density at radius 3 is 2.26 bits per heavy atom. The van der Waals surface area contributed by atoms with Crippen molar-refractivity contribution in [2.75, 3.05) is 11.4 Å². The van der Waals surface area contributed by atoms with Crippen LogP contribution in [-0.4, -0.2) is 6.54 Å². The number of nitriles is 1. The second-order valence-corrected chi connectivity index (χ2v) is 4.36. The van der Waals surface area contributed by atoms with Crippen LogP contribution in [0, 0.1) is 24.1 Å². The Morgan fingerprint density at radius 1 is 1.11 bits per heavy atom. The lowest BCUT2D eigenvalue weighted by Gasteiger charge is -2.23. The fraction of sp³-hybridized carbons (Fsp3) is 0.188. The van der Waals surface area contributed by atoms with Gasteiger partial charge in [-0.15, -0.1) is 0 Å². The first kappa shape index (κ1) is 13.1. The van der Waals surface area contributed by atoms with Gasteiger partial charge in [0.1, 0.15) is 11.9 Å². The molecule has 0 aliphatic heterocycles. The van der Waals surface area contributed by atoms with Crippen LogP contribution in [0.4, 0.5) is 15.8 Å². The predicted octanol–water partition coefficient (Wildman–Crippen LogP) is 4.16. The van der Waals surface area contributed by atoms with Crippen LogP contribution in [0.3, 0.4) is 0 Å². The minimum Gasteiger partial charge on any atom is -0.342 e. The van der Waals surface area contributed by atoms with E-state index >= 15 is 0 Å². The minimum atomic E-state index is -0.481. The third-order valence-corrected chi connectivity index (χ3v) is 3.05. The smallest absolute Gasteiger partial charge is 0.143 e. The Hall–Kier alpha value is -2.34. The van der Waals surface area contributed by atoms with Gasteiger partial charge < -0.3 is 4.90 Å². The van der Waals surface area contributed by atoms with Gasteiger partial charge in [0.15, 0.2) is 0 Å². The van der Waals surface area contributed by atoms with Crippen molar-refractivity contribution in [3.8, 4) is 6.07 Å².